The Morgan fingerprint density at radius 1 is 1.14 bits per heavy atom. The minimum atomic E-state index is 0.530. The van der Waals surface area contributed by atoms with Gasteiger partial charge in [0.2, 0.25) is 0 Å². The third-order valence-electron chi connectivity index (χ3n) is 1.56. The summed E-state index contributed by atoms with van der Waals surface area (Å²) in [5, 5.41) is 0.808. The summed E-state index contributed by atoms with van der Waals surface area (Å²) >= 11 is 11.3. The van der Waals surface area contributed by atoms with Gasteiger partial charge in [-0.3, -0.25) is 0 Å². The number of alkyl halides is 1. The van der Waals surface area contributed by atoms with Crippen molar-refractivity contribution in [2.24, 2.45) is 0 Å². The van der Waals surface area contributed by atoms with E-state index in [4.69, 9.17) is 11.6 Å². The number of halogens is 1. The number of hydrogen-bond acceptors (Lipinski definition) is 5. The Hall–Kier alpha value is -1.50. The summed E-state index contributed by atoms with van der Waals surface area (Å²) in [6.45, 7) is 6.95. The van der Waals surface area contributed by atoms with E-state index in [0.29, 0.717) is 10.7 Å². The number of H-pyrrole nitrogens is 1. The van der Waals surface area contributed by atoms with Gasteiger partial charge in [0.1, 0.15) is 0 Å². The summed E-state index contributed by atoms with van der Waals surface area (Å²) in [7, 11) is 0. The third-order valence-corrected chi connectivity index (χ3v) is 2.88. The van der Waals surface area contributed by atoms with Gasteiger partial charge in [-0.05, 0) is 24.4 Å². The zero-order chi connectivity index (χ0) is 15.8. The molecule has 112 valence electrons. The molecule has 0 fully saturated rings. The van der Waals surface area contributed by atoms with E-state index in [9.17, 15) is 0 Å². The van der Waals surface area contributed by atoms with Crippen molar-refractivity contribution in [2.75, 3.05) is 11.6 Å². The maximum Gasteiger partial charge on any atom is 0.196 e. The Morgan fingerprint density at radius 3 is 2.14 bits per heavy atom. The summed E-state index contributed by atoms with van der Waals surface area (Å²) in [6, 6.07) is 3.59. The van der Waals surface area contributed by atoms with Crippen LogP contribution in [0.15, 0.2) is 67.4 Å². The summed E-state index contributed by atoms with van der Waals surface area (Å²) in [5.41, 5.74) is 0. The first kappa shape index (κ1) is 19.5. The lowest BCUT2D eigenvalue weighted by atomic mass is 10.7. The maximum atomic E-state index is 5.07. The maximum absolute atomic E-state index is 5.07. The van der Waals surface area contributed by atoms with Crippen LogP contribution in [-0.2, 0) is 0 Å². The SMILES string of the molecule is C=CCCl.C=CCSc1ncccn1.S=c1nccc[nH]1. The molecule has 2 rings (SSSR count). The number of nitrogens with zero attached hydrogens (tertiary/aromatic N) is 3. The molecule has 0 saturated heterocycles. The fourth-order valence-corrected chi connectivity index (χ4v) is 1.47. The van der Waals surface area contributed by atoms with Gasteiger partial charge in [0.25, 0.3) is 0 Å². The van der Waals surface area contributed by atoms with Gasteiger partial charge in [0, 0.05) is 36.4 Å². The summed E-state index contributed by atoms with van der Waals surface area (Å²) in [4.78, 5) is 14.5. The van der Waals surface area contributed by atoms with Crippen molar-refractivity contribution < 1.29 is 0 Å². The average Bonchev–Trinajstić information content (AvgIpc) is 2.55. The summed E-state index contributed by atoms with van der Waals surface area (Å²) in [5.74, 6) is 1.42. The van der Waals surface area contributed by atoms with Gasteiger partial charge in [0.05, 0.1) is 0 Å². The van der Waals surface area contributed by atoms with Crippen molar-refractivity contribution in [2.45, 2.75) is 5.16 Å². The molecule has 2 aromatic heterocycles. The lowest BCUT2D eigenvalue weighted by Gasteiger charge is -1.92. The molecule has 0 spiro atoms. The molecule has 4 nitrogen and oxygen atoms in total. The van der Waals surface area contributed by atoms with Gasteiger partial charge in [-0.1, -0.05) is 23.9 Å². The number of allylic oxidation sites excluding steroid dienone is 1. The van der Waals surface area contributed by atoms with Crippen LogP contribution < -0.4 is 0 Å². The van der Waals surface area contributed by atoms with E-state index in [1.807, 2.05) is 6.08 Å². The first-order valence-electron chi connectivity index (χ1n) is 5.91. The normalized spacial score (nSPS) is 8.43. The van der Waals surface area contributed by atoms with E-state index in [2.05, 4.69) is 45.3 Å². The molecular formula is C14H17ClN4S2. The van der Waals surface area contributed by atoms with E-state index in [1.165, 1.54) is 0 Å². The molecule has 0 aromatic carbocycles. The molecule has 0 aliphatic heterocycles. The number of aromatic nitrogens is 4. The Labute approximate surface area is 139 Å². The fraction of sp³-hybridized carbons (Fsp3) is 0.143. The Bertz CT molecular complexity index is 528. The number of rotatable bonds is 4. The van der Waals surface area contributed by atoms with Crippen molar-refractivity contribution in [3.8, 4) is 0 Å². The number of aromatic amines is 1. The van der Waals surface area contributed by atoms with E-state index in [0.717, 1.165) is 10.9 Å². The highest BCUT2D eigenvalue weighted by Crippen LogP contribution is 2.09. The molecule has 0 aliphatic carbocycles. The lowest BCUT2D eigenvalue weighted by Crippen LogP contribution is -1.82. The van der Waals surface area contributed by atoms with Gasteiger partial charge in [-0.15, -0.1) is 24.8 Å². The first-order chi connectivity index (χ1) is 10.2. The molecule has 0 aliphatic rings. The quantitative estimate of drug-likeness (QED) is 0.295. The van der Waals surface area contributed by atoms with Crippen LogP contribution in [0.4, 0.5) is 0 Å². The molecule has 1 N–H and O–H groups in total. The van der Waals surface area contributed by atoms with Crippen LogP contribution >= 0.6 is 35.6 Å². The first-order valence-corrected chi connectivity index (χ1v) is 7.84. The topological polar surface area (TPSA) is 54.5 Å². The third kappa shape index (κ3) is 13.2. The zero-order valence-corrected chi connectivity index (χ0v) is 13.9. The van der Waals surface area contributed by atoms with Crippen LogP contribution in [0, 0.1) is 4.77 Å². The standard InChI is InChI=1S/C7H8N2S.C4H4N2S.C3H5Cl/c1-2-6-10-7-8-4-3-5-9-7;7-4-5-2-1-3-6-4;1-2-3-4/h2-5H,1,6H2;1-3H,(H,5,6,7);2H,1,3H2. The second kappa shape index (κ2) is 14.9. The van der Waals surface area contributed by atoms with Gasteiger partial charge in [0.15, 0.2) is 9.93 Å². The van der Waals surface area contributed by atoms with Crippen LogP contribution in [0.1, 0.15) is 0 Å². The minimum absolute atomic E-state index is 0.530. The van der Waals surface area contributed by atoms with Crippen LogP contribution in [0.2, 0.25) is 0 Å². The van der Waals surface area contributed by atoms with Crippen molar-refractivity contribution >= 4 is 35.6 Å². The van der Waals surface area contributed by atoms with E-state index in [-0.39, 0.29) is 0 Å². The fourth-order valence-electron chi connectivity index (χ4n) is 0.804. The van der Waals surface area contributed by atoms with Gasteiger partial charge < -0.3 is 4.98 Å². The minimum Gasteiger partial charge on any atom is -0.337 e. The van der Waals surface area contributed by atoms with Gasteiger partial charge >= 0.3 is 0 Å². The monoisotopic (exact) mass is 340 g/mol. The van der Waals surface area contributed by atoms with Gasteiger partial charge in [-0.2, -0.15) is 0 Å². The molecule has 21 heavy (non-hydrogen) atoms. The van der Waals surface area contributed by atoms with E-state index >= 15 is 0 Å². The van der Waals surface area contributed by atoms with E-state index in [1.54, 1.807) is 54.8 Å². The number of hydrogen-bond donors (Lipinski definition) is 1. The van der Waals surface area contributed by atoms with Gasteiger partial charge in [-0.25, -0.2) is 15.0 Å². The van der Waals surface area contributed by atoms with Crippen molar-refractivity contribution in [1.82, 2.24) is 19.9 Å². The molecule has 7 heteroatoms. The van der Waals surface area contributed by atoms with Crippen LogP contribution in [-0.4, -0.2) is 31.6 Å². The highest BCUT2D eigenvalue weighted by atomic mass is 35.5. The largest absolute Gasteiger partial charge is 0.337 e. The molecule has 0 bridgehead atoms. The Morgan fingerprint density at radius 2 is 1.76 bits per heavy atom. The van der Waals surface area contributed by atoms with E-state index < -0.39 is 0 Å². The summed E-state index contributed by atoms with van der Waals surface area (Å²) < 4.78 is 0.530. The lowest BCUT2D eigenvalue weighted by molar-refractivity contribution is 0.969. The highest BCUT2D eigenvalue weighted by Gasteiger charge is 1.89. The summed E-state index contributed by atoms with van der Waals surface area (Å²) in [6.07, 6.45) is 10.3. The molecular weight excluding hydrogens is 324 g/mol. The van der Waals surface area contributed by atoms with Crippen molar-refractivity contribution in [3.05, 3.63) is 67.0 Å². The molecule has 0 unspecified atom stereocenters. The zero-order valence-electron chi connectivity index (χ0n) is 11.5. The number of nitrogens with one attached hydrogen (secondary N) is 1. The molecule has 2 heterocycles. The van der Waals surface area contributed by atoms with Crippen LogP contribution in [0.5, 0.6) is 0 Å². The van der Waals surface area contributed by atoms with Crippen molar-refractivity contribution in [3.63, 3.8) is 0 Å². The second-order valence-corrected chi connectivity index (χ2v) is 4.84. The van der Waals surface area contributed by atoms with Crippen LogP contribution in [0.25, 0.3) is 0 Å². The predicted octanol–water partition coefficient (Wildman–Crippen LogP) is 4.31. The number of thioether (sulfide) groups is 1. The van der Waals surface area contributed by atoms with Crippen LogP contribution in [0.3, 0.4) is 0 Å². The Balaban J connectivity index is 0.000000317. The molecule has 0 amide bonds. The molecule has 0 radical (unpaired) electrons. The van der Waals surface area contributed by atoms with Crippen molar-refractivity contribution in [1.29, 1.82) is 0 Å². The molecule has 2 aromatic rings. The molecule has 0 atom stereocenters. The molecule has 0 saturated carbocycles. The highest BCUT2D eigenvalue weighted by molar-refractivity contribution is 7.99. The Kier molecular flexibility index (Phi) is 13.8. The smallest absolute Gasteiger partial charge is 0.196 e. The predicted molar refractivity (Wildman–Crippen MR) is 93.3 cm³/mol. The average molecular weight is 341 g/mol. The second-order valence-electron chi connectivity index (χ2n) is 3.16.